The average molecular weight is 300 g/mol. The van der Waals surface area contributed by atoms with E-state index >= 15 is 0 Å². The third kappa shape index (κ3) is 3.62. The van der Waals surface area contributed by atoms with E-state index in [2.05, 4.69) is 10.4 Å². The zero-order chi connectivity index (χ0) is 13.8. The van der Waals surface area contributed by atoms with Crippen LogP contribution in [0.4, 0.5) is 5.69 Å². The number of benzene rings is 1. The van der Waals surface area contributed by atoms with Crippen molar-refractivity contribution in [3.05, 3.63) is 41.2 Å². The Morgan fingerprint density at radius 3 is 2.79 bits per heavy atom. The minimum atomic E-state index is -0.575. The van der Waals surface area contributed by atoms with Gasteiger partial charge < -0.3 is 10.4 Å². The van der Waals surface area contributed by atoms with Crippen LogP contribution in [0.1, 0.15) is 5.69 Å². The molecule has 19 heavy (non-hydrogen) atoms. The Hall–Kier alpha value is -1.23. The highest BCUT2D eigenvalue weighted by molar-refractivity contribution is 6.32. The number of anilines is 1. The van der Waals surface area contributed by atoms with Crippen molar-refractivity contribution in [1.29, 1.82) is 0 Å². The van der Waals surface area contributed by atoms with E-state index in [4.69, 9.17) is 23.2 Å². The number of rotatable bonds is 5. The molecule has 2 N–H and O–H groups in total. The molecule has 1 heterocycles. The normalized spacial score (nSPS) is 12.4. The van der Waals surface area contributed by atoms with Gasteiger partial charge in [-0.15, -0.1) is 11.6 Å². The summed E-state index contributed by atoms with van der Waals surface area (Å²) in [6.45, 7) is 2.31. The first-order valence-electron chi connectivity index (χ1n) is 5.90. The zero-order valence-corrected chi connectivity index (χ0v) is 12.0. The molecule has 2 rings (SSSR count). The number of aliphatic hydroxyl groups is 1. The second-order valence-electron chi connectivity index (χ2n) is 4.26. The number of alkyl halides is 1. The highest BCUT2D eigenvalue weighted by Crippen LogP contribution is 2.24. The number of halogens is 2. The summed E-state index contributed by atoms with van der Waals surface area (Å²) in [5, 5.41) is 17.4. The molecule has 1 aromatic heterocycles. The molecule has 0 aliphatic heterocycles. The minimum absolute atomic E-state index is 0.200. The first-order valence-corrected chi connectivity index (χ1v) is 6.81. The van der Waals surface area contributed by atoms with E-state index in [0.29, 0.717) is 11.6 Å². The Balaban J connectivity index is 2.13. The van der Waals surface area contributed by atoms with Gasteiger partial charge in [-0.05, 0) is 31.2 Å². The predicted octanol–water partition coefficient (Wildman–Crippen LogP) is 2.85. The molecule has 0 saturated carbocycles. The van der Waals surface area contributed by atoms with Crippen LogP contribution in [0.3, 0.4) is 0 Å². The Bertz CT molecular complexity index is 557. The Morgan fingerprint density at radius 2 is 2.21 bits per heavy atom. The molecule has 0 bridgehead atoms. The topological polar surface area (TPSA) is 50.1 Å². The van der Waals surface area contributed by atoms with Crippen molar-refractivity contribution in [3.8, 4) is 5.69 Å². The molecule has 0 fully saturated rings. The zero-order valence-electron chi connectivity index (χ0n) is 10.5. The fourth-order valence-electron chi connectivity index (χ4n) is 1.64. The molecule has 2 aromatic rings. The summed E-state index contributed by atoms with van der Waals surface area (Å²) in [6.07, 6.45) is 1.29. The van der Waals surface area contributed by atoms with Crippen molar-refractivity contribution in [2.24, 2.45) is 0 Å². The Kier molecular flexibility index (Phi) is 4.69. The van der Waals surface area contributed by atoms with Crippen LogP contribution in [0.2, 0.25) is 5.02 Å². The van der Waals surface area contributed by atoms with Gasteiger partial charge in [-0.25, -0.2) is 4.68 Å². The van der Waals surface area contributed by atoms with Gasteiger partial charge >= 0.3 is 0 Å². The predicted molar refractivity (Wildman–Crippen MR) is 78.5 cm³/mol. The number of hydrogen-bond acceptors (Lipinski definition) is 3. The van der Waals surface area contributed by atoms with Gasteiger partial charge in [0.2, 0.25) is 0 Å². The van der Waals surface area contributed by atoms with Crippen LogP contribution in [0.25, 0.3) is 5.69 Å². The second kappa shape index (κ2) is 6.28. The first kappa shape index (κ1) is 14.2. The van der Waals surface area contributed by atoms with Gasteiger partial charge in [0.15, 0.2) is 0 Å². The lowest BCUT2D eigenvalue weighted by Gasteiger charge is -2.12. The second-order valence-corrected chi connectivity index (χ2v) is 4.97. The smallest absolute Gasteiger partial charge is 0.0847 e. The van der Waals surface area contributed by atoms with Crippen molar-refractivity contribution >= 4 is 28.9 Å². The fraction of sp³-hybridized carbons (Fsp3) is 0.308. The van der Waals surface area contributed by atoms with E-state index in [1.165, 1.54) is 0 Å². The summed E-state index contributed by atoms with van der Waals surface area (Å²) in [7, 11) is 0. The van der Waals surface area contributed by atoms with Gasteiger partial charge in [0.25, 0.3) is 0 Å². The molecule has 0 spiro atoms. The van der Waals surface area contributed by atoms with Crippen LogP contribution in [-0.2, 0) is 0 Å². The maximum atomic E-state index is 9.38. The van der Waals surface area contributed by atoms with Gasteiger partial charge in [0.1, 0.15) is 0 Å². The lowest BCUT2D eigenvalue weighted by Crippen LogP contribution is -2.20. The Labute approximate surface area is 122 Å². The molecule has 0 amide bonds. The molecule has 0 aliphatic rings. The molecule has 6 heteroatoms. The quantitative estimate of drug-likeness (QED) is 0.835. The number of aromatic nitrogens is 2. The summed E-state index contributed by atoms with van der Waals surface area (Å²) in [6, 6.07) is 7.48. The SMILES string of the molecule is Cc1ccn(-c2ccc(NCC(O)CCl)cc2Cl)n1. The van der Waals surface area contributed by atoms with Gasteiger partial charge in [-0.3, -0.25) is 0 Å². The molecule has 0 aliphatic carbocycles. The number of nitrogens with one attached hydrogen (secondary N) is 1. The van der Waals surface area contributed by atoms with Gasteiger partial charge in [-0.1, -0.05) is 11.6 Å². The van der Waals surface area contributed by atoms with Crippen LogP contribution in [0.5, 0.6) is 0 Å². The molecule has 0 radical (unpaired) electrons. The number of aliphatic hydroxyl groups excluding tert-OH is 1. The largest absolute Gasteiger partial charge is 0.390 e. The molecule has 102 valence electrons. The van der Waals surface area contributed by atoms with Crippen LogP contribution in [0, 0.1) is 6.92 Å². The molecule has 0 saturated heterocycles. The van der Waals surface area contributed by atoms with E-state index < -0.39 is 6.10 Å². The number of aryl methyl sites for hydroxylation is 1. The maximum Gasteiger partial charge on any atom is 0.0847 e. The van der Waals surface area contributed by atoms with Crippen molar-refractivity contribution in [3.63, 3.8) is 0 Å². The van der Waals surface area contributed by atoms with E-state index in [1.807, 2.05) is 31.3 Å². The molecule has 1 atom stereocenters. The summed E-state index contributed by atoms with van der Waals surface area (Å²) in [4.78, 5) is 0. The molecule has 4 nitrogen and oxygen atoms in total. The van der Waals surface area contributed by atoms with E-state index in [9.17, 15) is 5.11 Å². The monoisotopic (exact) mass is 299 g/mol. The lowest BCUT2D eigenvalue weighted by atomic mass is 10.2. The molecule has 1 aromatic carbocycles. The number of hydrogen-bond donors (Lipinski definition) is 2. The summed E-state index contributed by atoms with van der Waals surface area (Å²) >= 11 is 11.8. The van der Waals surface area contributed by atoms with Crippen LogP contribution in [0.15, 0.2) is 30.5 Å². The molecular weight excluding hydrogens is 285 g/mol. The number of nitrogens with zero attached hydrogens (tertiary/aromatic N) is 2. The summed E-state index contributed by atoms with van der Waals surface area (Å²) in [5.74, 6) is 0.200. The standard InChI is InChI=1S/C13H15Cl2N3O/c1-9-4-5-18(17-9)13-3-2-10(6-12(13)15)16-8-11(19)7-14/h2-6,11,16,19H,7-8H2,1H3. The van der Waals surface area contributed by atoms with Gasteiger partial charge in [0, 0.05) is 18.4 Å². The molecular formula is C13H15Cl2N3O. The average Bonchev–Trinajstić information content (AvgIpc) is 2.82. The fourth-order valence-corrected chi connectivity index (χ4v) is 2.02. The van der Waals surface area contributed by atoms with Gasteiger partial charge in [-0.2, -0.15) is 5.10 Å². The van der Waals surface area contributed by atoms with Gasteiger partial charge in [0.05, 0.1) is 28.4 Å². The van der Waals surface area contributed by atoms with Crippen molar-refractivity contribution in [1.82, 2.24) is 9.78 Å². The third-order valence-corrected chi connectivity index (χ3v) is 3.30. The third-order valence-electron chi connectivity index (χ3n) is 2.64. The lowest BCUT2D eigenvalue weighted by molar-refractivity contribution is 0.211. The summed E-state index contributed by atoms with van der Waals surface area (Å²) in [5.41, 5.74) is 2.59. The van der Waals surface area contributed by atoms with Crippen LogP contribution >= 0.6 is 23.2 Å². The van der Waals surface area contributed by atoms with Crippen LogP contribution in [-0.4, -0.2) is 33.4 Å². The maximum absolute atomic E-state index is 9.38. The van der Waals surface area contributed by atoms with E-state index in [1.54, 1.807) is 10.7 Å². The van der Waals surface area contributed by atoms with Crippen molar-refractivity contribution in [2.45, 2.75) is 13.0 Å². The van der Waals surface area contributed by atoms with E-state index in [0.717, 1.165) is 17.1 Å². The first-order chi connectivity index (χ1) is 9.10. The van der Waals surface area contributed by atoms with Crippen molar-refractivity contribution in [2.75, 3.05) is 17.7 Å². The van der Waals surface area contributed by atoms with Crippen LogP contribution < -0.4 is 5.32 Å². The minimum Gasteiger partial charge on any atom is -0.390 e. The highest BCUT2D eigenvalue weighted by Gasteiger charge is 2.06. The molecule has 1 unspecified atom stereocenters. The van der Waals surface area contributed by atoms with E-state index in [-0.39, 0.29) is 5.88 Å². The van der Waals surface area contributed by atoms with Crippen molar-refractivity contribution < 1.29 is 5.11 Å². The highest BCUT2D eigenvalue weighted by atomic mass is 35.5. The Morgan fingerprint density at radius 1 is 1.42 bits per heavy atom. The summed E-state index contributed by atoms with van der Waals surface area (Å²) < 4.78 is 1.73.